The fraction of sp³-hybridized carbons (Fsp3) is 0.0588. The Morgan fingerprint density at radius 2 is 1.16 bits per heavy atom. The third kappa shape index (κ3) is 5.41. The van der Waals surface area contributed by atoms with Gasteiger partial charge in [0.15, 0.2) is 0 Å². The maximum absolute atomic E-state index is 7.80. The summed E-state index contributed by atoms with van der Waals surface area (Å²) in [7, 11) is 0. The van der Waals surface area contributed by atoms with E-state index in [1.165, 1.54) is 23.6 Å². The van der Waals surface area contributed by atoms with Crippen molar-refractivity contribution in [3.63, 3.8) is 0 Å². The Kier molecular flexibility index (Phi) is 7.33. The van der Waals surface area contributed by atoms with E-state index in [1.54, 1.807) is 0 Å². The molecule has 3 nitrogen and oxygen atoms in total. The highest BCUT2D eigenvalue weighted by Gasteiger charge is 2.14. The highest BCUT2D eigenvalue weighted by atomic mass is 15.1. The number of fused-ring (bicyclic) bond motifs is 1. The van der Waals surface area contributed by atoms with Gasteiger partial charge >= 0.3 is 0 Å². The minimum atomic E-state index is 0.617. The zero-order valence-corrected chi connectivity index (χ0v) is 20.6. The van der Waals surface area contributed by atoms with E-state index in [-0.39, 0.29) is 0 Å². The van der Waals surface area contributed by atoms with Crippen LogP contribution in [0.3, 0.4) is 0 Å². The van der Waals surface area contributed by atoms with Crippen LogP contribution in [0.4, 0.5) is 17.1 Å². The van der Waals surface area contributed by atoms with Gasteiger partial charge in [-0.2, -0.15) is 0 Å². The van der Waals surface area contributed by atoms with Crippen molar-refractivity contribution in [1.82, 2.24) is 0 Å². The minimum absolute atomic E-state index is 0.617. The number of allylic oxidation sites excluding steroid dienone is 5. The fourth-order valence-corrected chi connectivity index (χ4v) is 4.72. The molecule has 4 aromatic carbocycles. The number of hydrogen-bond acceptors (Lipinski definition) is 3. The van der Waals surface area contributed by atoms with E-state index in [0.29, 0.717) is 5.57 Å². The number of para-hydroxylation sites is 2. The maximum Gasteiger partial charge on any atom is 0.0462 e. The van der Waals surface area contributed by atoms with E-state index < -0.39 is 0 Å². The molecule has 0 spiro atoms. The fourth-order valence-electron chi connectivity index (χ4n) is 4.72. The number of nitrogens with zero attached hydrogens (tertiary/aromatic N) is 1. The summed E-state index contributed by atoms with van der Waals surface area (Å²) < 4.78 is 0. The quantitative estimate of drug-likeness (QED) is 0.256. The first-order valence-corrected chi connectivity index (χ1v) is 12.5. The topological polar surface area (TPSA) is 50.9 Å². The molecule has 1 aliphatic rings. The molecule has 4 aromatic rings. The monoisotopic (exact) mass is 479 g/mol. The molecule has 5 rings (SSSR count). The molecule has 1 aliphatic carbocycles. The molecule has 0 aliphatic heterocycles. The number of anilines is 3. The van der Waals surface area contributed by atoms with Gasteiger partial charge in [-0.25, -0.2) is 0 Å². The van der Waals surface area contributed by atoms with Crippen LogP contribution in [0, 0.1) is 10.8 Å². The van der Waals surface area contributed by atoms with Gasteiger partial charge in [0.2, 0.25) is 0 Å². The van der Waals surface area contributed by atoms with Crippen molar-refractivity contribution in [2.24, 2.45) is 0 Å². The molecule has 2 N–H and O–H groups in total. The van der Waals surface area contributed by atoms with Crippen LogP contribution in [0.5, 0.6) is 0 Å². The summed E-state index contributed by atoms with van der Waals surface area (Å²) in [6, 6.07) is 37.7. The first-order valence-electron chi connectivity index (χ1n) is 12.5. The molecule has 0 amide bonds. The van der Waals surface area contributed by atoms with Gasteiger partial charge in [0.25, 0.3) is 0 Å². The molecule has 0 atom stereocenters. The number of aryl methyl sites for hydroxylation is 1. The van der Waals surface area contributed by atoms with Gasteiger partial charge in [0, 0.05) is 35.1 Å². The van der Waals surface area contributed by atoms with E-state index in [4.69, 9.17) is 10.8 Å². The lowest BCUT2D eigenvalue weighted by molar-refractivity contribution is 0.972. The molecule has 3 heteroatoms. The van der Waals surface area contributed by atoms with Gasteiger partial charge in [-0.1, -0.05) is 91.0 Å². The Morgan fingerprint density at radius 1 is 0.595 bits per heavy atom. The summed E-state index contributed by atoms with van der Waals surface area (Å²) in [6.45, 7) is 0. The average molecular weight is 480 g/mol. The number of hydrogen-bond donors (Lipinski definition) is 2. The lowest BCUT2D eigenvalue weighted by Gasteiger charge is -2.25. The van der Waals surface area contributed by atoms with Crippen LogP contribution in [0.2, 0.25) is 0 Å². The van der Waals surface area contributed by atoms with Gasteiger partial charge in [-0.05, 0) is 77.1 Å². The Morgan fingerprint density at radius 3 is 1.78 bits per heavy atom. The minimum Gasteiger partial charge on any atom is -0.311 e. The molecule has 180 valence electrons. The lowest BCUT2D eigenvalue weighted by Crippen LogP contribution is -2.09. The normalized spacial score (nSPS) is 12.9. The SMILES string of the molecule is N=CC(C=N)=C1C=C(/C=C/c2ccc(N(c3ccccc3)c3ccccc3)cc2)CCc2ccccc21. The van der Waals surface area contributed by atoms with Crippen LogP contribution >= 0.6 is 0 Å². The van der Waals surface area contributed by atoms with Crippen LogP contribution in [-0.2, 0) is 6.42 Å². The molecule has 0 saturated carbocycles. The Labute approximate surface area is 218 Å². The van der Waals surface area contributed by atoms with Crippen molar-refractivity contribution in [1.29, 1.82) is 10.8 Å². The van der Waals surface area contributed by atoms with Crippen LogP contribution in [0.1, 0.15) is 23.1 Å². The van der Waals surface area contributed by atoms with E-state index in [0.717, 1.165) is 46.6 Å². The predicted octanol–water partition coefficient (Wildman–Crippen LogP) is 8.80. The zero-order chi connectivity index (χ0) is 25.5. The molecule has 0 aromatic heterocycles. The van der Waals surface area contributed by atoms with Crippen molar-refractivity contribution in [2.75, 3.05) is 4.90 Å². The molecule has 0 saturated heterocycles. The summed E-state index contributed by atoms with van der Waals surface area (Å²) in [6.07, 6.45) is 10.8. The summed E-state index contributed by atoms with van der Waals surface area (Å²) in [5.41, 5.74) is 9.57. The van der Waals surface area contributed by atoms with Crippen molar-refractivity contribution in [2.45, 2.75) is 12.8 Å². The third-order valence-corrected chi connectivity index (χ3v) is 6.61. The second-order valence-corrected chi connectivity index (χ2v) is 8.97. The zero-order valence-electron chi connectivity index (χ0n) is 20.6. The van der Waals surface area contributed by atoms with Crippen LogP contribution < -0.4 is 4.90 Å². The standard InChI is InChI=1S/C34H29N3/c35-24-29(25-36)34-23-27(17-20-28-9-7-8-14-33(28)34)16-15-26-18-21-32(22-19-26)37(30-10-3-1-4-11-30)31-12-5-2-6-13-31/h1-16,18-19,21-25,35-36H,17,20H2/b16-15+,34-29?,35-24?,36-25?. The Balaban J connectivity index is 1.44. The summed E-state index contributed by atoms with van der Waals surface area (Å²) in [5.74, 6) is 0. The Bertz CT molecular complexity index is 1430. The highest BCUT2D eigenvalue weighted by molar-refractivity contribution is 6.12. The van der Waals surface area contributed by atoms with Crippen LogP contribution in [0.25, 0.3) is 11.6 Å². The molecule has 0 unspecified atom stereocenters. The molecular formula is C34H29N3. The first kappa shape index (κ1) is 24.0. The van der Waals surface area contributed by atoms with Crippen LogP contribution in [-0.4, -0.2) is 12.4 Å². The van der Waals surface area contributed by atoms with Crippen LogP contribution in [0.15, 0.2) is 132 Å². The van der Waals surface area contributed by atoms with E-state index in [9.17, 15) is 0 Å². The molecule has 37 heavy (non-hydrogen) atoms. The number of rotatable bonds is 7. The molecule has 0 radical (unpaired) electrons. The van der Waals surface area contributed by atoms with Gasteiger partial charge < -0.3 is 15.7 Å². The maximum atomic E-state index is 7.80. The van der Waals surface area contributed by atoms with Crippen molar-refractivity contribution >= 4 is 41.1 Å². The van der Waals surface area contributed by atoms with Crippen molar-refractivity contribution in [3.8, 4) is 0 Å². The summed E-state index contributed by atoms with van der Waals surface area (Å²) >= 11 is 0. The molecular weight excluding hydrogens is 450 g/mol. The third-order valence-electron chi connectivity index (χ3n) is 6.61. The second kappa shape index (κ2) is 11.3. The van der Waals surface area contributed by atoms with Gasteiger partial charge in [0.1, 0.15) is 0 Å². The second-order valence-electron chi connectivity index (χ2n) is 8.97. The van der Waals surface area contributed by atoms with E-state index in [2.05, 4.69) is 114 Å². The highest BCUT2D eigenvalue weighted by Crippen LogP contribution is 2.34. The van der Waals surface area contributed by atoms with Crippen molar-refractivity contribution in [3.05, 3.63) is 149 Å². The first-order chi connectivity index (χ1) is 18.3. The van der Waals surface area contributed by atoms with Crippen molar-refractivity contribution < 1.29 is 0 Å². The summed E-state index contributed by atoms with van der Waals surface area (Å²) in [5, 5.41) is 15.6. The number of benzene rings is 4. The predicted molar refractivity (Wildman–Crippen MR) is 157 cm³/mol. The van der Waals surface area contributed by atoms with Gasteiger partial charge in [0.05, 0.1) is 0 Å². The van der Waals surface area contributed by atoms with E-state index in [1.807, 2.05) is 18.2 Å². The Hall–Kier alpha value is -4.76. The molecule has 0 heterocycles. The summed E-state index contributed by atoms with van der Waals surface area (Å²) in [4.78, 5) is 2.26. The lowest BCUT2D eigenvalue weighted by atomic mass is 9.96. The molecule has 0 bridgehead atoms. The smallest absolute Gasteiger partial charge is 0.0462 e. The average Bonchev–Trinajstić information content (AvgIpc) is 3.15. The number of nitrogens with one attached hydrogen (secondary N) is 2. The van der Waals surface area contributed by atoms with Gasteiger partial charge in [-0.3, -0.25) is 0 Å². The largest absolute Gasteiger partial charge is 0.311 e. The molecule has 0 fully saturated rings. The van der Waals surface area contributed by atoms with Gasteiger partial charge in [-0.15, -0.1) is 0 Å². The van der Waals surface area contributed by atoms with E-state index >= 15 is 0 Å².